The van der Waals surface area contributed by atoms with Gasteiger partial charge in [0.05, 0.1) is 19.0 Å². The highest BCUT2D eigenvalue weighted by Gasteiger charge is 2.20. The molecule has 0 bridgehead atoms. The fourth-order valence-corrected chi connectivity index (χ4v) is 3.24. The van der Waals surface area contributed by atoms with Gasteiger partial charge in [0.2, 0.25) is 0 Å². The van der Waals surface area contributed by atoms with Gasteiger partial charge in [-0.25, -0.2) is 9.37 Å². The third-order valence-corrected chi connectivity index (χ3v) is 4.44. The molecule has 0 fully saturated rings. The maximum atomic E-state index is 13.9. The molecule has 5 heteroatoms. The van der Waals surface area contributed by atoms with Gasteiger partial charge in [-0.15, -0.1) is 0 Å². The van der Waals surface area contributed by atoms with Crippen molar-refractivity contribution in [3.63, 3.8) is 0 Å². The Bertz CT molecular complexity index is 859. The van der Waals surface area contributed by atoms with Gasteiger partial charge in [0.15, 0.2) is 11.6 Å². The number of halogens is 1. The van der Waals surface area contributed by atoms with Gasteiger partial charge < -0.3 is 9.14 Å². The van der Waals surface area contributed by atoms with Gasteiger partial charge in [0.25, 0.3) is 0 Å². The standard InChI is InChI=1S/C18H18FN3O/c1-23-17-9-13-5-7-21(11-14(13)8-16(17)19)12-15-10-20-18-4-2-3-6-22(15)18/h2-4,6,8-10H,5,7,11-12H2,1H3. The van der Waals surface area contributed by atoms with Crippen LogP contribution >= 0.6 is 0 Å². The van der Waals surface area contributed by atoms with Crippen LogP contribution in [0.25, 0.3) is 5.65 Å². The van der Waals surface area contributed by atoms with Crippen LogP contribution < -0.4 is 4.74 Å². The number of imidazole rings is 1. The zero-order valence-corrected chi connectivity index (χ0v) is 13.0. The Hall–Kier alpha value is -2.40. The smallest absolute Gasteiger partial charge is 0.165 e. The van der Waals surface area contributed by atoms with Crippen molar-refractivity contribution in [1.82, 2.24) is 14.3 Å². The molecule has 1 aromatic carbocycles. The number of hydrogen-bond donors (Lipinski definition) is 0. The van der Waals surface area contributed by atoms with Gasteiger partial charge in [-0.1, -0.05) is 6.07 Å². The fraction of sp³-hybridized carbons (Fsp3) is 0.278. The molecule has 0 unspecified atom stereocenters. The molecule has 3 heterocycles. The Morgan fingerprint density at radius 2 is 2.17 bits per heavy atom. The predicted octanol–water partition coefficient (Wildman–Crippen LogP) is 3.04. The summed E-state index contributed by atoms with van der Waals surface area (Å²) in [4.78, 5) is 6.75. The fourth-order valence-electron chi connectivity index (χ4n) is 3.24. The van der Waals surface area contributed by atoms with Crippen LogP contribution in [0.1, 0.15) is 16.8 Å². The molecule has 23 heavy (non-hydrogen) atoms. The van der Waals surface area contributed by atoms with Crippen molar-refractivity contribution >= 4 is 5.65 Å². The number of nitrogens with zero attached hydrogens (tertiary/aromatic N) is 3. The van der Waals surface area contributed by atoms with Crippen molar-refractivity contribution < 1.29 is 9.13 Å². The van der Waals surface area contributed by atoms with E-state index in [0.29, 0.717) is 5.75 Å². The first-order valence-electron chi connectivity index (χ1n) is 7.73. The third kappa shape index (κ3) is 2.57. The van der Waals surface area contributed by atoms with Crippen LogP contribution in [0.2, 0.25) is 0 Å². The summed E-state index contributed by atoms with van der Waals surface area (Å²) in [7, 11) is 1.50. The van der Waals surface area contributed by atoms with Crippen molar-refractivity contribution in [2.45, 2.75) is 19.5 Å². The van der Waals surface area contributed by atoms with E-state index in [0.717, 1.165) is 43.0 Å². The van der Waals surface area contributed by atoms with E-state index in [1.165, 1.54) is 12.7 Å². The van der Waals surface area contributed by atoms with E-state index >= 15 is 0 Å². The average molecular weight is 311 g/mol. The molecule has 0 radical (unpaired) electrons. The number of rotatable bonds is 3. The second kappa shape index (κ2) is 5.66. The SMILES string of the molecule is COc1cc2c(cc1F)CN(Cc1cnc3ccccn13)CC2. The molecular formula is C18H18FN3O. The monoisotopic (exact) mass is 311 g/mol. The molecule has 4 rings (SSSR count). The molecule has 118 valence electrons. The highest BCUT2D eigenvalue weighted by atomic mass is 19.1. The lowest BCUT2D eigenvalue weighted by Crippen LogP contribution is -2.30. The number of methoxy groups -OCH3 is 1. The summed E-state index contributed by atoms with van der Waals surface area (Å²) in [6, 6.07) is 9.42. The summed E-state index contributed by atoms with van der Waals surface area (Å²) in [5.41, 5.74) is 4.33. The minimum absolute atomic E-state index is 0.289. The molecule has 0 aliphatic carbocycles. The highest BCUT2D eigenvalue weighted by molar-refractivity contribution is 5.40. The molecule has 0 atom stereocenters. The van der Waals surface area contributed by atoms with Crippen molar-refractivity contribution in [1.29, 1.82) is 0 Å². The molecular weight excluding hydrogens is 293 g/mol. The molecule has 3 aromatic rings. The molecule has 2 aromatic heterocycles. The normalized spacial score (nSPS) is 14.9. The minimum atomic E-state index is -0.289. The number of fused-ring (bicyclic) bond motifs is 2. The molecule has 0 amide bonds. The molecule has 4 nitrogen and oxygen atoms in total. The van der Waals surface area contributed by atoms with Gasteiger partial charge in [-0.3, -0.25) is 4.90 Å². The number of ether oxygens (including phenoxy) is 1. The lowest BCUT2D eigenvalue weighted by Gasteiger charge is -2.28. The molecule has 0 saturated heterocycles. The first-order chi connectivity index (χ1) is 11.2. The van der Waals surface area contributed by atoms with Crippen molar-refractivity contribution in [2.75, 3.05) is 13.7 Å². The largest absolute Gasteiger partial charge is 0.494 e. The van der Waals surface area contributed by atoms with Crippen LogP contribution in [0, 0.1) is 5.82 Å². The third-order valence-electron chi connectivity index (χ3n) is 4.44. The number of aromatic nitrogens is 2. The first-order valence-corrected chi connectivity index (χ1v) is 7.73. The van der Waals surface area contributed by atoms with Crippen LogP contribution in [0.15, 0.2) is 42.7 Å². The zero-order chi connectivity index (χ0) is 15.8. The van der Waals surface area contributed by atoms with E-state index < -0.39 is 0 Å². The maximum absolute atomic E-state index is 13.9. The summed E-state index contributed by atoms with van der Waals surface area (Å²) in [5.74, 6) is 0.0434. The summed E-state index contributed by atoms with van der Waals surface area (Å²) < 4.78 is 21.1. The van der Waals surface area contributed by atoms with E-state index in [4.69, 9.17) is 4.74 Å². The van der Waals surface area contributed by atoms with Crippen LogP contribution in [0.5, 0.6) is 5.75 Å². The molecule has 0 saturated carbocycles. The van der Waals surface area contributed by atoms with Crippen molar-refractivity contribution in [2.24, 2.45) is 0 Å². The van der Waals surface area contributed by atoms with E-state index in [1.807, 2.05) is 36.7 Å². The summed E-state index contributed by atoms with van der Waals surface area (Å²) >= 11 is 0. The van der Waals surface area contributed by atoms with E-state index in [2.05, 4.69) is 14.3 Å². The Kier molecular flexibility index (Phi) is 3.50. The van der Waals surface area contributed by atoms with Crippen LogP contribution in [0.3, 0.4) is 0 Å². The predicted molar refractivity (Wildman–Crippen MR) is 86.0 cm³/mol. The topological polar surface area (TPSA) is 29.8 Å². The molecule has 1 aliphatic rings. The maximum Gasteiger partial charge on any atom is 0.165 e. The lowest BCUT2D eigenvalue weighted by molar-refractivity contribution is 0.241. The van der Waals surface area contributed by atoms with Crippen LogP contribution in [0.4, 0.5) is 4.39 Å². The van der Waals surface area contributed by atoms with Crippen LogP contribution in [-0.2, 0) is 19.5 Å². The number of pyridine rings is 1. The second-order valence-corrected chi connectivity index (χ2v) is 5.89. The second-order valence-electron chi connectivity index (χ2n) is 5.89. The molecule has 1 aliphatic heterocycles. The highest BCUT2D eigenvalue weighted by Crippen LogP contribution is 2.27. The molecule has 0 spiro atoms. The molecule has 0 N–H and O–H groups in total. The summed E-state index contributed by atoms with van der Waals surface area (Å²) in [6.07, 6.45) is 4.85. The summed E-state index contributed by atoms with van der Waals surface area (Å²) in [5, 5.41) is 0. The van der Waals surface area contributed by atoms with E-state index in [-0.39, 0.29) is 5.82 Å². The van der Waals surface area contributed by atoms with Crippen molar-refractivity contribution in [3.8, 4) is 5.75 Å². The van der Waals surface area contributed by atoms with Crippen molar-refractivity contribution in [3.05, 3.63) is 65.4 Å². The van der Waals surface area contributed by atoms with Gasteiger partial charge in [-0.2, -0.15) is 0 Å². The average Bonchev–Trinajstić information content (AvgIpc) is 2.97. The van der Waals surface area contributed by atoms with Gasteiger partial charge in [-0.05, 0) is 41.8 Å². The Balaban J connectivity index is 1.57. The Morgan fingerprint density at radius 3 is 3.04 bits per heavy atom. The zero-order valence-electron chi connectivity index (χ0n) is 13.0. The van der Waals surface area contributed by atoms with Crippen LogP contribution in [-0.4, -0.2) is 27.9 Å². The number of hydrogen-bond acceptors (Lipinski definition) is 3. The van der Waals surface area contributed by atoms with E-state index in [9.17, 15) is 4.39 Å². The Labute approximate surface area is 134 Å². The lowest BCUT2D eigenvalue weighted by atomic mass is 9.99. The number of benzene rings is 1. The Morgan fingerprint density at radius 1 is 1.26 bits per heavy atom. The first kappa shape index (κ1) is 14.2. The van der Waals surface area contributed by atoms with E-state index in [1.54, 1.807) is 6.07 Å². The quantitative estimate of drug-likeness (QED) is 0.745. The van der Waals surface area contributed by atoms with Gasteiger partial charge >= 0.3 is 0 Å². The van der Waals surface area contributed by atoms with Gasteiger partial charge in [0.1, 0.15) is 5.65 Å². The minimum Gasteiger partial charge on any atom is -0.494 e. The summed E-state index contributed by atoms with van der Waals surface area (Å²) in [6.45, 7) is 2.50. The van der Waals surface area contributed by atoms with Gasteiger partial charge in [0, 0.05) is 25.8 Å².